The summed E-state index contributed by atoms with van der Waals surface area (Å²) >= 11 is 1.53. The van der Waals surface area contributed by atoms with E-state index in [0.29, 0.717) is 43.4 Å². The number of nitrogens with zero attached hydrogens (tertiary/aromatic N) is 3. The van der Waals surface area contributed by atoms with Crippen LogP contribution in [-0.4, -0.2) is 48.8 Å². The van der Waals surface area contributed by atoms with Crippen LogP contribution in [0.1, 0.15) is 15.3 Å². The molecule has 6 nitrogen and oxygen atoms in total. The van der Waals surface area contributed by atoms with Gasteiger partial charge in [0.1, 0.15) is 11.5 Å². The molecule has 0 N–H and O–H groups in total. The number of aromatic nitrogens is 1. The molecule has 158 valence electrons. The summed E-state index contributed by atoms with van der Waals surface area (Å²) in [5, 5.41) is 0. The molecule has 1 aliphatic rings. The predicted molar refractivity (Wildman–Crippen MR) is 119 cm³/mol. The molecule has 1 aliphatic heterocycles. The van der Waals surface area contributed by atoms with Crippen molar-refractivity contribution in [3.8, 4) is 11.5 Å². The van der Waals surface area contributed by atoms with E-state index in [-0.39, 0.29) is 0 Å². The van der Waals surface area contributed by atoms with Gasteiger partial charge in [0.05, 0.1) is 11.1 Å². The van der Waals surface area contributed by atoms with Crippen LogP contribution < -0.4 is 4.74 Å². The number of ether oxygens (including phenoxy) is 1. The highest BCUT2D eigenvalue weighted by Gasteiger charge is 2.30. The van der Waals surface area contributed by atoms with Crippen LogP contribution in [0.2, 0.25) is 0 Å². The van der Waals surface area contributed by atoms with E-state index in [1.807, 2.05) is 50.2 Å². The summed E-state index contributed by atoms with van der Waals surface area (Å²) in [5.74, 6) is 1.49. The second kappa shape index (κ2) is 8.85. The zero-order valence-corrected chi connectivity index (χ0v) is 18.7. The Morgan fingerprint density at radius 3 is 2.50 bits per heavy atom. The van der Waals surface area contributed by atoms with Crippen LogP contribution in [-0.2, 0) is 16.6 Å². The Labute approximate surface area is 181 Å². The van der Waals surface area contributed by atoms with Gasteiger partial charge in [-0.05, 0) is 38.1 Å². The van der Waals surface area contributed by atoms with Crippen molar-refractivity contribution in [2.45, 2.75) is 25.3 Å². The number of rotatable bonds is 6. The number of para-hydroxylation sites is 1. The number of hydrogen-bond acceptors (Lipinski definition) is 6. The number of pyridine rings is 1. The number of aryl methyl sites for hydroxylation is 2. The van der Waals surface area contributed by atoms with Gasteiger partial charge in [0, 0.05) is 54.2 Å². The minimum Gasteiger partial charge on any atom is -0.455 e. The Morgan fingerprint density at radius 2 is 1.83 bits per heavy atom. The van der Waals surface area contributed by atoms with Crippen molar-refractivity contribution >= 4 is 21.4 Å². The number of benzene rings is 1. The Morgan fingerprint density at radius 1 is 1.07 bits per heavy atom. The van der Waals surface area contributed by atoms with E-state index in [1.165, 1.54) is 11.3 Å². The van der Waals surface area contributed by atoms with Crippen molar-refractivity contribution in [3.63, 3.8) is 0 Å². The lowest BCUT2D eigenvalue weighted by atomic mass is 10.1. The van der Waals surface area contributed by atoms with E-state index >= 15 is 0 Å². The molecule has 3 aromatic rings. The summed E-state index contributed by atoms with van der Waals surface area (Å²) in [6, 6.07) is 13.4. The number of piperazine rings is 1. The lowest BCUT2D eigenvalue weighted by Gasteiger charge is -2.34. The van der Waals surface area contributed by atoms with Gasteiger partial charge in [-0.1, -0.05) is 18.2 Å². The molecule has 2 aromatic heterocycles. The SMILES string of the molecule is Cc1cc(S(=O)(=O)N2CCN(Cc3ccccc3Oc3cccnc3)CC2)c(C)s1. The maximum atomic E-state index is 13.0. The minimum atomic E-state index is -3.43. The van der Waals surface area contributed by atoms with Crippen LogP contribution in [0.25, 0.3) is 0 Å². The lowest BCUT2D eigenvalue weighted by molar-refractivity contribution is 0.180. The van der Waals surface area contributed by atoms with Gasteiger partial charge in [0.2, 0.25) is 10.0 Å². The second-order valence-electron chi connectivity index (χ2n) is 7.36. The van der Waals surface area contributed by atoms with Crippen LogP contribution in [0.3, 0.4) is 0 Å². The monoisotopic (exact) mass is 443 g/mol. The number of thiophene rings is 1. The smallest absolute Gasteiger partial charge is 0.244 e. The van der Waals surface area contributed by atoms with E-state index < -0.39 is 10.0 Å². The first kappa shape index (κ1) is 21.0. The fraction of sp³-hybridized carbons (Fsp3) is 0.318. The fourth-order valence-electron chi connectivity index (χ4n) is 3.64. The highest BCUT2D eigenvalue weighted by atomic mass is 32.2. The van der Waals surface area contributed by atoms with Crippen molar-refractivity contribution in [2.24, 2.45) is 0 Å². The molecular formula is C22H25N3O3S2. The Bertz CT molecular complexity index is 1110. The van der Waals surface area contributed by atoms with E-state index in [2.05, 4.69) is 9.88 Å². The highest BCUT2D eigenvalue weighted by molar-refractivity contribution is 7.89. The van der Waals surface area contributed by atoms with Crippen LogP contribution in [0.15, 0.2) is 59.8 Å². The summed E-state index contributed by atoms with van der Waals surface area (Å²) in [6.45, 7) is 6.87. The maximum absolute atomic E-state index is 13.0. The van der Waals surface area contributed by atoms with Crippen LogP contribution in [0.4, 0.5) is 0 Å². The molecule has 1 fully saturated rings. The molecule has 0 aliphatic carbocycles. The standard InChI is InChI=1S/C22H25N3O3S2/c1-17-14-22(18(2)29-17)30(26,27)25-12-10-24(11-13-25)16-19-6-3-4-8-21(19)28-20-7-5-9-23-15-20/h3-9,14-15H,10-13,16H2,1-2H3. The molecule has 0 amide bonds. The fourth-order valence-corrected chi connectivity index (χ4v) is 6.59. The number of hydrogen-bond donors (Lipinski definition) is 0. The van der Waals surface area contributed by atoms with E-state index in [0.717, 1.165) is 21.1 Å². The molecule has 3 heterocycles. The molecule has 0 spiro atoms. The van der Waals surface area contributed by atoms with Crippen LogP contribution in [0, 0.1) is 13.8 Å². The van der Waals surface area contributed by atoms with E-state index in [1.54, 1.807) is 22.8 Å². The Hall–Kier alpha value is -2.26. The van der Waals surface area contributed by atoms with Crippen molar-refractivity contribution < 1.29 is 13.2 Å². The van der Waals surface area contributed by atoms with Gasteiger partial charge in [0.15, 0.2) is 0 Å². The van der Waals surface area contributed by atoms with Gasteiger partial charge in [0.25, 0.3) is 0 Å². The second-order valence-corrected chi connectivity index (χ2v) is 10.7. The average molecular weight is 444 g/mol. The first-order chi connectivity index (χ1) is 14.4. The van der Waals surface area contributed by atoms with Crippen molar-refractivity contribution in [2.75, 3.05) is 26.2 Å². The summed E-state index contributed by atoms with van der Waals surface area (Å²) < 4.78 is 33.7. The van der Waals surface area contributed by atoms with Gasteiger partial charge in [-0.25, -0.2) is 8.42 Å². The molecule has 8 heteroatoms. The maximum Gasteiger partial charge on any atom is 0.244 e. The normalized spacial score (nSPS) is 15.9. The molecule has 1 aromatic carbocycles. The summed E-state index contributed by atoms with van der Waals surface area (Å²) in [5.41, 5.74) is 1.07. The van der Waals surface area contributed by atoms with Gasteiger partial charge in [-0.2, -0.15) is 4.31 Å². The summed E-state index contributed by atoms with van der Waals surface area (Å²) in [6.07, 6.45) is 3.40. The van der Waals surface area contributed by atoms with Crippen molar-refractivity contribution in [1.29, 1.82) is 0 Å². The molecular weight excluding hydrogens is 418 g/mol. The summed E-state index contributed by atoms with van der Waals surface area (Å²) in [4.78, 5) is 8.69. The largest absolute Gasteiger partial charge is 0.455 e. The first-order valence-corrected chi connectivity index (χ1v) is 12.1. The van der Waals surface area contributed by atoms with Gasteiger partial charge >= 0.3 is 0 Å². The first-order valence-electron chi connectivity index (χ1n) is 9.89. The third kappa shape index (κ3) is 4.57. The highest BCUT2D eigenvalue weighted by Crippen LogP contribution is 2.29. The third-order valence-corrected chi connectivity index (χ3v) is 8.29. The molecule has 1 saturated heterocycles. The van der Waals surface area contributed by atoms with Crippen molar-refractivity contribution in [1.82, 2.24) is 14.2 Å². The molecule has 0 bridgehead atoms. The number of sulfonamides is 1. The summed E-state index contributed by atoms with van der Waals surface area (Å²) in [7, 11) is -3.43. The van der Waals surface area contributed by atoms with Gasteiger partial charge < -0.3 is 4.74 Å². The van der Waals surface area contributed by atoms with E-state index in [4.69, 9.17) is 4.74 Å². The zero-order chi connectivity index (χ0) is 21.1. The topological polar surface area (TPSA) is 62.7 Å². The third-order valence-electron chi connectivity index (χ3n) is 5.17. The quantitative estimate of drug-likeness (QED) is 0.575. The minimum absolute atomic E-state index is 0.452. The van der Waals surface area contributed by atoms with Gasteiger partial charge in [-0.15, -0.1) is 11.3 Å². The Kier molecular flexibility index (Phi) is 6.19. The Balaban J connectivity index is 1.42. The molecule has 30 heavy (non-hydrogen) atoms. The lowest BCUT2D eigenvalue weighted by Crippen LogP contribution is -2.48. The molecule has 0 saturated carbocycles. The molecule has 0 atom stereocenters. The zero-order valence-electron chi connectivity index (χ0n) is 17.1. The van der Waals surface area contributed by atoms with E-state index in [9.17, 15) is 8.42 Å². The average Bonchev–Trinajstić information content (AvgIpc) is 3.09. The van der Waals surface area contributed by atoms with Gasteiger partial charge in [-0.3, -0.25) is 9.88 Å². The molecule has 4 rings (SSSR count). The van der Waals surface area contributed by atoms with Crippen LogP contribution >= 0.6 is 11.3 Å². The predicted octanol–water partition coefficient (Wildman–Crippen LogP) is 4.06. The van der Waals surface area contributed by atoms with Crippen molar-refractivity contribution in [3.05, 3.63) is 70.2 Å². The molecule has 0 unspecified atom stereocenters. The molecule has 0 radical (unpaired) electrons. The van der Waals surface area contributed by atoms with Crippen LogP contribution in [0.5, 0.6) is 11.5 Å².